The number of urea groups is 1. The first-order valence-corrected chi connectivity index (χ1v) is 7.89. The minimum Gasteiger partial charge on any atom is -0.312 e. The maximum atomic E-state index is 13.6. The smallest absolute Gasteiger partial charge is 0.312 e. The number of nitrogens with one attached hydrogen (secondary N) is 2. The van der Waals surface area contributed by atoms with E-state index < -0.39 is 23.4 Å². The normalized spacial score (nSPS) is 13.9. The van der Waals surface area contributed by atoms with E-state index in [-0.39, 0.29) is 5.91 Å². The molecule has 0 radical (unpaired) electrons. The SMILES string of the molecule is Cc1cc(NC(=O)Nc2c(F)cccc2F)ccc1N1CCCC1=O. The van der Waals surface area contributed by atoms with Gasteiger partial charge in [0.1, 0.15) is 17.3 Å². The first-order chi connectivity index (χ1) is 12.0. The number of carbonyl (C=O) groups is 2. The molecule has 0 spiro atoms. The third-order valence-electron chi connectivity index (χ3n) is 4.02. The highest BCUT2D eigenvalue weighted by Crippen LogP contribution is 2.27. The number of benzene rings is 2. The lowest BCUT2D eigenvalue weighted by molar-refractivity contribution is -0.117. The Morgan fingerprint density at radius 1 is 1.12 bits per heavy atom. The molecule has 1 fully saturated rings. The molecule has 7 heteroatoms. The fourth-order valence-electron chi connectivity index (χ4n) is 2.83. The highest BCUT2D eigenvalue weighted by molar-refractivity contribution is 6.00. The predicted octanol–water partition coefficient (Wildman–Crippen LogP) is 4.04. The van der Waals surface area contributed by atoms with Gasteiger partial charge in [0.05, 0.1) is 0 Å². The molecule has 0 aliphatic carbocycles. The summed E-state index contributed by atoms with van der Waals surface area (Å²) < 4.78 is 27.1. The van der Waals surface area contributed by atoms with Crippen LogP contribution in [0.2, 0.25) is 0 Å². The summed E-state index contributed by atoms with van der Waals surface area (Å²) in [5.41, 5.74) is 1.58. The topological polar surface area (TPSA) is 61.4 Å². The first-order valence-electron chi connectivity index (χ1n) is 7.89. The quantitative estimate of drug-likeness (QED) is 0.882. The standard InChI is InChI=1S/C18H17F2N3O2/c1-11-10-12(7-8-15(11)23-9-3-6-16(23)24)21-18(25)22-17-13(19)4-2-5-14(17)20/h2,4-5,7-8,10H,3,6,9H2,1H3,(H2,21,22,25). The molecule has 3 amide bonds. The Morgan fingerprint density at radius 3 is 2.44 bits per heavy atom. The molecule has 1 aliphatic rings. The lowest BCUT2D eigenvalue weighted by Crippen LogP contribution is -2.25. The predicted molar refractivity (Wildman–Crippen MR) is 91.8 cm³/mol. The fourth-order valence-corrected chi connectivity index (χ4v) is 2.83. The number of anilines is 3. The molecule has 0 bridgehead atoms. The second-order valence-corrected chi connectivity index (χ2v) is 5.83. The van der Waals surface area contributed by atoms with Crippen LogP contribution in [0.25, 0.3) is 0 Å². The fraction of sp³-hybridized carbons (Fsp3) is 0.222. The summed E-state index contributed by atoms with van der Waals surface area (Å²) in [4.78, 5) is 25.5. The van der Waals surface area contributed by atoms with Gasteiger partial charge < -0.3 is 15.5 Å². The number of amides is 3. The van der Waals surface area contributed by atoms with Crippen LogP contribution in [0.1, 0.15) is 18.4 Å². The minimum atomic E-state index is -0.853. The van der Waals surface area contributed by atoms with Crippen LogP contribution in [0.15, 0.2) is 36.4 Å². The summed E-state index contributed by atoms with van der Waals surface area (Å²) in [5, 5.41) is 4.69. The van der Waals surface area contributed by atoms with Gasteiger partial charge in [-0.25, -0.2) is 13.6 Å². The summed E-state index contributed by atoms with van der Waals surface area (Å²) in [7, 11) is 0. The van der Waals surface area contributed by atoms with E-state index in [0.717, 1.165) is 29.8 Å². The van der Waals surface area contributed by atoms with Crippen LogP contribution < -0.4 is 15.5 Å². The minimum absolute atomic E-state index is 0.0802. The molecule has 0 unspecified atom stereocenters. The van der Waals surface area contributed by atoms with E-state index in [0.29, 0.717) is 18.7 Å². The largest absolute Gasteiger partial charge is 0.323 e. The van der Waals surface area contributed by atoms with Crippen LogP contribution in [0.4, 0.5) is 30.6 Å². The van der Waals surface area contributed by atoms with Crippen molar-refractivity contribution in [3.8, 4) is 0 Å². The number of para-hydroxylation sites is 1. The van der Waals surface area contributed by atoms with Crippen molar-refractivity contribution < 1.29 is 18.4 Å². The molecule has 0 saturated carbocycles. The summed E-state index contributed by atoms with van der Waals surface area (Å²) in [5.74, 6) is -1.62. The summed E-state index contributed by atoms with van der Waals surface area (Å²) in [6.45, 7) is 2.51. The lowest BCUT2D eigenvalue weighted by atomic mass is 10.1. The lowest BCUT2D eigenvalue weighted by Gasteiger charge is -2.19. The molecule has 130 valence electrons. The number of rotatable bonds is 3. The van der Waals surface area contributed by atoms with Gasteiger partial charge in [0.2, 0.25) is 5.91 Å². The van der Waals surface area contributed by atoms with E-state index >= 15 is 0 Å². The van der Waals surface area contributed by atoms with Gasteiger partial charge >= 0.3 is 6.03 Å². The molecule has 0 aromatic heterocycles. The van der Waals surface area contributed by atoms with Crippen molar-refractivity contribution in [2.24, 2.45) is 0 Å². The highest BCUT2D eigenvalue weighted by atomic mass is 19.1. The maximum Gasteiger partial charge on any atom is 0.323 e. The van der Waals surface area contributed by atoms with Crippen molar-refractivity contribution in [1.29, 1.82) is 0 Å². The Hall–Kier alpha value is -2.96. The molecule has 2 aromatic rings. The first kappa shape index (κ1) is 16.9. The van der Waals surface area contributed by atoms with Crippen LogP contribution in [0.5, 0.6) is 0 Å². The Morgan fingerprint density at radius 2 is 1.84 bits per heavy atom. The van der Waals surface area contributed by atoms with Gasteiger partial charge in [-0.3, -0.25) is 4.79 Å². The number of halogens is 2. The van der Waals surface area contributed by atoms with Crippen LogP contribution in [-0.2, 0) is 4.79 Å². The van der Waals surface area contributed by atoms with Gasteiger partial charge in [-0.15, -0.1) is 0 Å². The number of hydrogen-bond donors (Lipinski definition) is 2. The zero-order valence-corrected chi connectivity index (χ0v) is 13.6. The van der Waals surface area contributed by atoms with Crippen LogP contribution in [0, 0.1) is 18.6 Å². The molecular formula is C18H17F2N3O2. The number of aryl methyl sites for hydroxylation is 1. The number of nitrogens with zero attached hydrogens (tertiary/aromatic N) is 1. The number of carbonyl (C=O) groups excluding carboxylic acids is 2. The van der Waals surface area contributed by atoms with Crippen LogP contribution >= 0.6 is 0 Å². The van der Waals surface area contributed by atoms with Gasteiger partial charge in [-0.2, -0.15) is 0 Å². The number of hydrogen-bond acceptors (Lipinski definition) is 2. The van der Waals surface area contributed by atoms with Crippen molar-refractivity contribution in [2.45, 2.75) is 19.8 Å². The van der Waals surface area contributed by atoms with Crippen LogP contribution in [-0.4, -0.2) is 18.5 Å². The average Bonchev–Trinajstić information content (AvgIpc) is 2.97. The zero-order valence-electron chi connectivity index (χ0n) is 13.6. The summed E-state index contributed by atoms with van der Waals surface area (Å²) in [6, 6.07) is 7.68. The zero-order chi connectivity index (χ0) is 18.0. The van der Waals surface area contributed by atoms with Gasteiger partial charge in [0.15, 0.2) is 0 Å². The van der Waals surface area contributed by atoms with Crippen LogP contribution in [0.3, 0.4) is 0 Å². The molecule has 5 nitrogen and oxygen atoms in total. The Bertz CT molecular complexity index is 819. The third-order valence-corrected chi connectivity index (χ3v) is 4.02. The van der Waals surface area contributed by atoms with Gasteiger partial charge in [0, 0.05) is 24.3 Å². The maximum absolute atomic E-state index is 13.6. The highest BCUT2D eigenvalue weighted by Gasteiger charge is 2.23. The van der Waals surface area contributed by atoms with Crippen molar-refractivity contribution in [2.75, 3.05) is 22.1 Å². The molecule has 3 rings (SSSR count). The van der Waals surface area contributed by atoms with E-state index in [1.165, 1.54) is 6.07 Å². The average molecular weight is 345 g/mol. The van der Waals surface area contributed by atoms with Crippen molar-refractivity contribution >= 4 is 29.0 Å². The molecular weight excluding hydrogens is 328 g/mol. The van der Waals surface area contributed by atoms with Gasteiger partial charge in [-0.05, 0) is 49.2 Å². The van der Waals surface area contributed by atoms with E-state index in [9.17, 15) is 18.4 Å². The summed E-state index contributed by atoms with van der Waals surface area (Å²) in [6.07, 6.45) is 1.37. The van der Waals surface area contributed by atoms with E-state index in [1.807, 2.05) is 6.92 Å². The van der Waals surface area contributed by atoms with Crippen molar-refractivity contribution in [1.82, 2.24) is 0 Å². The molecule has 0 atom stereocenters. The van der Waals surface area contributed by atoms with E-state index in [2.05, 4.69) is 10.6 Å². The Balaban J connectivity index is 1.72. The third kappa shape index (κ3) is 3.60. The molecule has 2 aromatic carbocycles. The monoisotopic (exact) mass is 345 g/mol. The van der Waals surface area contributed by atoms with Crippen molar-refractivity contribution in [3.05, 3.63) is 53.6 Å². The Kier molecular flexibility index (Phi) is 4.65. The second-order valence-electron chi connectivity index (χ2n) is 5.83. The molecule has 1 heterocycles. The molecule has 2 N–H and O–H groups in total. The van der Waals surface area contributed by atoms with E-state index in [4.69, 9.17) is 0 Å². The summed E-state index contributed by atoms with van der Waals surface area (Å²) >= 11 is 0. The van der Waals surface area contributed by atoms with Gasteiger partial charge in [0.25, 0.3) is 0 Å². The second kappa shape index (κ2) is 6.88. The van der Waals surface area contributed by atoms with E-state index in [1.54, 1.807) is 23.1 Å². The molecule has 25 heavy (non-hydrogen) atoms. The Labute approximate surface area is 143 Å². The van der Waals surface area contributed by atoms with Crippen molar-refractivity contribution in [3.63, 3.8) is 0 Å². The van der Waals surface area contributed by atoms with Gasteiger partial charge in [-0.1, -0.05) is 6.07 Å². The molecule has 1 aliphatic heterocycles. The molecule has 1 saturated heterocycles.